The van der Waals surface area contributed by atoms with Crippen molar-refractivity contribution in [3.8, 4) is 0 Å². The third kappa shape index (κ3) is 10.9. The number of aliphatic carboxylic acids is 2. The summed E-state index contributed by atoms with van der Waals surface area (Å²) in [7, 11) is 0. The summed E-state index contributed by atoms with van der Waals surface area (Å²) in [5.41, 5.74) is 1.58. The van der Waals surface area contributed by atoms with Gasteiger partial charge in [-0.2, -0.15) is 0 Å². The van der Waals surface area contributed by atoms with Gasteiger partial charge in [0, 0.05) is 11.4 Å². The summed E-state index contributed by atoms with van der Waals surface area (Å²) in [5.74, 6) is -2.21. The molecule has 2 N–H and O–H groups in total. The fourth-order valence-corrected chi connectivity index (χ4v) is 1.46. The Labute approximate surface area is 147 Å². The fraction of sp³-hybridized carbons (Fsp3) is 0.125. The molecular weight excluding hydrogens is 350 g/mol. The molecule has 2 aromatic rings. The summed E-state index contributed by atoms with van der Waals surface area (Å²) in [6.07, 6.45) is 0. The summed E-state index contributed by atoms with van der Waals surface area (Å²) >= 11 is 0. The van der Waals surface area contributed by atoms with Gasteiger partial charge in [-0.1, -0.05) is 36.4 Å². The van der Waals surface area contributed by atoms with E-state index >= 15 is 0 Å². The molecule has 2 aromatic carbocycles. The van der Waals surface area contributed by atoms with Crippen molar-refractivity contribution in [2.45, 2.75) is 0 Å². The first-order chi connectivity index (χ1) is 10.6. The van der Waals surface area contributed by atoms with E-state index in [9.17, 15) is 19.8 Å². The second-order valence-corrected chi connectivity index (χ2v) is 4.18. The molecule has 0 radical (unpaired) electrons. The van der Waals surface area contributed by atoms with Gasteiger partial charge in [0.1, 0.15) is 0 Å². The Kier molecular flexibility index (Phi) is 10.9. The van der Waals surface area contributed by atoms with Gasteiger partial charge in [0.25, 0.3) is 0 Å². The van der Waals surface area contributed by atoms with Crippen LogP contribution in [0, 0.1) is 0 Å². The van der Waals surface area contributed by atoms with Crippen LogP contribution in [0.2, 0.25) is 0 Å². The Morgan fingerprint density at radius 2 is 1.00 bits per heavy atom. The third-order valence-corrected chi connectivity index (χ3v) is 2.42. The summed E-state index contributed by atoms with van der Waals surface area (Å²) in [4.78, 5) is 20.0. The van der Waals surface area contributed by atoms with Gasteiger partial charge in [-0.3, -0.25) is 0 Å². The van der Waals surface area contributed by atoms with Gasteiger partial charge >= 0.3 is 19.5 Å². The normalized spacial score (nSPS) is 8.70. The molecule has 0 saturated heterocycles. The molecule has 7 heteroatoms. The Hall–Kier alpha value is -2.40. The molecule has 0 spiro atoms. The molecule has 0 bridgehead atoms. The standard InChI is InChI=1S/2C8H9NO2.Zn/c2*10-8(11)6-9-7-4-2-1-3-5-7;/h2*1-5,9H,6H2,(H,10,11);/q;;+2/p-2. The van der Waals surface area contributed by atoms with E-state index in [4.69, 9.17) is 0 Å². The van der Waals surface area contributed by atoms with E-state index < -0.39 is 11.9 Å². The zero-order valence-corrected chi connectivity index (χ0v) is 15.5. The number of carboxylic acids is 2. The van der Waals surface area contributed by atoms with Gasteiger partial charge in [0.05, 0.1) is 25.0 Å². The maximum Gasteiger partial charge on any atom is 2.00 e. The quantitative estimate of drug-likeness (QED) is 0.681. The Balaban J connectivity index is 0.000000403. The van der Waals surface area contributed by atoms with E-state index in [1.807, 2.05) is 36.4 Å². The minimum Gasteiger partial charge on any atom is -0.548 e. The summed E-state index contributed by atoms with van der Waals surface area (Å²) < 4.78 is 0. The van der Waals surface area contributed by atoms with Crippen molar-refractivity contribution in [2.75, 3.05) is 23.7 Å². The second-order valence-electron chi connectivity index (χ2n) is 4.18. The molecule has 0 aromatic heterocycles. The van der Waals surface area contributed by atoms with E-state index in [2.05, 4.69) is 10.6 Å². The molecule has 0 amide bonds. The minimum atomic E-state index is -1.10. The molecular formula is C16H16N2O4Zn. The van der Waals surface area contributed by atoms with E-state index in [0.29, 0.717) is 0 Å². The van der Waals surface area contributed by atoms with Crippen molar-refractivity contribution in [3.05, 3.63) is 60.7 Å². The fourth-order valence-electron chi connectivity index (χ4n) is 1.46. The smallest absolute Gasteiger partial charge is 0.548 e. The van der Waals surface area contributed by atoms with Gasteiger partial charge in [-0.05, 0) is 24.3 Å². The van der Waals surface area contributed by atoms with Crippen LogP contribution < -0.4 is 20.8 Å². The van der Waals surface area contributed by atoms with Crippen LogP contribution in [0.4, 0.5) is 11.4 Å². The SMILES string of the molecule is O=C([O-])CNc1ccccc1.O=C([O-])CNc1ccccc1.[Zn+2]. The maximum atomic E-state index is 10.00. The van der Waals surface area contributed by atoms with E-state index in [1.54, 1.807) is 24.3 Å². The summed E-state index contributed by atoms with van der Waals surface area (Å²) in [6.45, 7) is -0.298. The van der Waals surface area contributed by atoms with Gasteiger partial charge in [0.2, 0.25) is 0 Å². The van der Waals surface area contributed by atoms with Gasteiger partial charge in [-0.25, -0.2) is 0 Å². The van der Waals surface area contributed by atoms with Crippen molar-refractivity contribution in [1.82, 2.24) is 0 Å². The van der Waals surface area contributed by atoms with Crippen LogP contribution in [-0.4, -0.2) is 25.0 Å². The van der Waals surface area contributed by atoms with Crippen LogP contribution >= 0.6 is 0 Å². The van der Waals surface area contributed by atoms with Gasteiger partial charge in [0.15, 0.2) is 0 Å². The molecule has 0 unspecified atom stereocenters. The van der Waals surface area contributed by atoms with E-state index in [0.717, 1.165) is 11.4 Å². The van der Waals surface area contributed by atoms with Crippen LogP contribution in [0.25, 0.3) is 0 Å². The van der Waals surface area contributed by atoms with Crippen LogP contribution in [0.1, 0.15) is 0 Å². The first-order valence-electron chi connectivity index (χ1n) is 6.55. The predicted molar refractivity (Wildman–Crippen MR) is 79.9 cm³/mol. The number of carbonyl (C=O) groups excluding carboxylic acids is 2. The number of carbonyl (C=O) groups is 2. The number of para-hydroxylation sites is 2. The zero-order valence-electron chi connectivity index (χ0n) is 12.5. The molecule has 0 heterocycles. The van der Waals surface area contributed by atoms with Crippen molar-refractivity contribution in [1.29, 1.82) is 0 Å². The van der Waals surface area contributed by atoms with Crippen molar-refractivity contribution >= 4 is 23.3 Å². The number of hydrogen-bond donors (Lipinski definition) is 2. The number of benzene rings is 2. The van der Waals surface area contributed by atoms with Crippen molar-refractivity contribution in [2.24, 2.45) is 0 Å². The molecule has 23 heavy (non-hydrogen) atoms. The number of carboxylic acid groups (broad SMARTS) is 2. The van der Waals surface area contributed by atoms with Crippen LogP contribution in [0.5, 0.6) is 0 Å². The first-order valence-corrected chi connectivity index (χ1v) is 6.55. The molecule has 0 fully saturated rings. The molecule has 6 nitrogen and oxygen atoms in total. The third-order valence-electron chi connectivity index (χ3n) is 2.42. The summed E-state index contributed by atoms with van der Waals surface area (Å²) in [6, 6.07) is 18.2. The molecule has 0 atom stereocenters. The predicted octanol–water partition coefficient (Wildman–Crippen LogP) is -0.306. The van der Waals surface area contributed by atoms with E-state index in [-0.39, 0.29) is 32.6 Å². The van der Waals surface area contributed by atoms with Crippen LogP contribution in [0.3, 0.4) is 0 Å². The second kappa shape index (κ2) is 12.2. The summed E-state index contributed by atoms with van der Waals surface area (Å²) in [5, 5.41) is 25.4. The minimum absolute atomic E-state index is 0. The van der Waals surface area contributed by atoms with Crippen molar-refractivity contribution < 1.29 is 39.3 Å². The average molecular weight is 366 g/mol. The topological polar surface area (TPSA) is 104 Å². The molecule has 116 valence electrons. The number of hydrogen-bond acceptors (Lipinski definition) is 6. The number of anilines is 2. The number of rotatable bonds is 6. The molecule has 0 aliphatic heterocycles. The average Bonchev–Trinajstić information content (AvgIpc) is 2.53. The number of nitrogens with one attached hydrogen (secondary N) is 2. The zero-order chi connectivity index (χ0) is 16.2. The first kappa shape index (κ1) is 20.6. The molecule has 0 aliphatic rings. The molecule has 2 rings (SSSR count). The Morgan fingerprint density at radius 3 is 1.26 bits per heavy atom. The molecule has 0 saturated carbocycles. The van der Waals surface area contributed by atoms with Crippen LogP contribution in [0.15, 0.2) is 60.7 Å². The largest absolute Gasteiger partial charge is 2.00 e. The monoisotopic (exact) mass is 364 g/mol. The Bertz CT molecular complexity index is 526. The van der Waals surface area contributed by atoms with Gasteiger partial charge < -0.3 is 30.4 Å². The van der Waals surface area contributed by atoms with Crippen LogP contribution in [-0.2, 0) is 29.1 Å². The Morgan fingerprint density at radius 1 is 0.696 bits per heavy atom. The molecule has 0 aliphatic carbocycles. The van der Waals surface area contributed by atoms with Gasteiger partial charge in [-0.15, -0.1) is 0 Å². The van der Waals surface area contributed by atoms with Crippen molar-refractivity contribution in [3.63, 3.8) is 0 Å². The maximum absolute atomic E-state index is 10.00. The van der Waals surface area contributed by atoms with E-state index in [1.165, 1.54) is 0 Å².